The van der Waals surface area contributed by atoms with Crippen molar-refractivity contribution < 1.29 is 24.2 Å². The Kier molecular flexibility index (Phi) is 5.59. The first-order chi connectivity index (χ1) is 12.0. The molecule has 2 rings (SSSR count). The smallest absolute Gasteiger partial charge is 0.408 e. The van der Waals surface area contributed by atoms with Gasteiger partial charge in [-0.2, -0.15) is 0 Å². The molecule has 1 heterocycles. The SMILES string of the molecule is CC(C)[C@H](NC(=O)OC(C)(C)C)C(=O)C1Nc2ccccc2C1C(=O)O. The zero-order valence-electron chi connectivity index (χ0n) is 15.7. The Balaban J connectivity index is 2.24. The summed E-state index contributed by atoms with van der Waals surface area (Å²) in [7, 11) is 0. The number of hydrogen-bond acceptors (Lipinski definition) is 5. The zero-order chi connectivity index (χ0) is 19.6. The van der Waals surface area contributed by atoms with E-state index in [1.165, 1.54) is 0 Å². The van der Waals surface area contributed by atoms with Crippen LogP contribution in [0.25, 0.3) is 0 Å². The quantitative estimate of drug-likeness (QED) is 0.744. The number of anilines is 1. The van der Waals surface area contributed by atoms with Crippen molar-refractivity contribution in [1.29, 1.82) is 0 Å². The van der Waals surface area contributed by atoms with Gasteiger partial charge in [0.2, 0.25) is 0 Å². The fourth-order valence-electron chi connectivity index (χ4n) is 3.04. The number of aliphatic carboxylic acids is 1. The monoisotopic (exact) mass is 362 g/mol. The number of fused-ring (bicyclic) bond motifs is 1. The van der Waals surface area contributed by atoms with Gasteiger partial charge in [-0.15, -0.1) is 0 Å². The summed E-state index contributed by atoms with van der Waals surface area (Å²) >= 11 is 0. The molecule has 0 spiro atoms. The van der Waals surface area contributed by atoms with Gasteiger partial charge in [-0.3, -0.25) is 9.59 Å². The van der Waals surface area contributed by atoms with E-state index in [1.54, 1.807) is 58.9 Å². The Morgan fingerprint density at radius 1 is 1.19 bits per heavy atom. The molecule has 1 aromatic rings. The summed E-state index contributed by atoms with van der Waals surface area (Å²) in [6.07, 6.45) is -0.702. The first kappa shape index (κ1) is 19.8. The number of ether oxygens (including phenoxy) is 1. The number of carbonyl (C=O) groups is 3. The summed E-state index contributed by atoms with van der Waals surface area (Å²) in [5, 5.41) is 15.2. The third kappa shape index (κ3) is 4.33. The molecular weight excluding hydrogens is 336 g/mol. The minimum Gasteiger partial charge on any atom is -0.481 e. The summed E-state index contributed by atoms with van der Waals surface area (Å²) in [5.74, 6) is -2.69. The molecule has 1 aromatic carbocycles. The highest BCUT2D eigenvalue weighted by atomic mass is 16.6. The van der Waals surface area contributed by atoms with Crippen LogP contribution in [0.4, 0.5) is 10.5 Å². The van der Waals surface area contributed by atoms with Gasteiger partial charge >= 0.3 is 12.1 Å². The van der Waals surface area contributed by atoms with Crippen LogP contribution in [0.3, 0.4) is 0 Å². The highest BCUT2D eigenvalue weighted by molar-refractivity contribution is 6.01. The van der Waals surface area contributed by atoms with Crippen molar-refractivity contribution in [2.24, 2.45) is 5.92 Å². The van der Waals surface area contributed by atoms with Crippen molar-refractivity contribution in [3.05, 3.63) is 29.8 Å². The fourth-order valence-corrected chi connectivity index (χ4v) is 3.04. The van der Waals surface area contributed by atoms with Gasteiger partial charge in [0.25, 0.3) is 0 Å². The number of para-hydroxylation sites is 1. The van der Waals surface area contributed by atoms with Crippen molar-refractivity contribution in [2.45, 2.75) is 58.2 Å². The number of hydrogen-bond donors (Lipinski definition) is 3. The highest BCUT2D eigenvalue weighted by Crippen LogP contribution is 2.37. The topological polar surface area (TPSA) is 105 Å². The van der Waals surface area contributed by atoms with Crippen LogP contribution in [0.5, 0.6) is 0 Å². The van der Waals surface area contributed by atoms with E-state index in [0.29, 0.717) is 11.3 Å². The lowest BCUT2D eigenvalue weighted by Gasteiger charge is -2.28. The number of carbonyl (C=O) groups excluding carboxylic acids is 2. The van der Waals surface area contributed by atoms with Gasteiger partial charge in [0, 0.05) is 5.69 Å². The van der Waals surface area contributed by atoms with Gasteiger partial charge in [-0.1, -0.05) is 32.0 Å². The molecule has 0 radical (unpaired) electrons. The van der Waals surface area contributed by atoms with E-state index in [4.69, 9.17) is 4.74 Å². The number of rotatable bonds is 5. The average Bonchev–Trinajstić information content (AvgIpc) is 2.89. The minimum atomic E-state index is -1.08. The van der Waals surface area contributed by atoms with E-state index in [9.17, 15) is 19.5 Å². The van der Waals surface area contributed by atoms with Crippen LogP contribution < -0.4 is 10.6 Å². The molecule has 3 N–H and O–H groups in total. The molecule has 7 nitrogen and oxygen atoms in total. The number of benzene rings is 1. The zero-order valence-corrected chi connectivity index (χ0v) is 15.7. The molecule has 1 amide bonds. The molecule has 26 heavy (non-hydrogen) atoms. The minimum absolute atomic E-state index is 0.227. The van der Waals surface area contributed by atoms with Crippen molar-refractivity contribution in [3.8, 4) is 0 Å². The highest BCUT2D eigenvalue weighted by Gasteiger charge is 2.44. The number of alkyl carbamates (subject to hydrolysis) is 1. The van der Waals surface area contributed by atoms with Gasteiger partial charge in [-0.05, 0) is 38.3 Å². The van der Waals surface area contributed by atoms with Crippen LogP contribution in [0.2, 0.25) is 0 Å². The molecule has 0 aliphatic carbocycles. The van der Waals surface area contributed by atoms with Crippen LogP contribution in [-0.4, -0.2) is 40.6 Å². The molecule has 7 heteroatoms. The van der Waals surface area contributed by atoms with Crippen molar-refractivity contribution in [3.63, 3.8) is 0 Å². The van der Waals surface area contributed by atoms with E-state index in [0.717, 1.165) is 0 Å². The first-order valence-corrected chi connectivity index (χ1v) is 8.62. The molecule has 0 saturated carbocycles. The van der Waals surface area contributed by atoms with E-state index in [-0.39, 0.29) is 11.7 Å². The second-order valence-corrected chi connectivity index (χ2v) is 7.80. The summed E-state index contributed by atoms with van der Waals surface area (Å²) in [4.78, 5) is 37.0. The van der Waals surface area contributed by atoms with Gasteiger partial charge in [-0.25, -0.2) is 4.79 Å². The van der Waals surface area contributed by atoms with Gasteiger partial charge < -0.3 is 20.5 Å². The summed E-state index contributed by atoms with van der Waals surface area (Å²) in [6, 6.07) is 5.13. The van der Waals surface area contributed by atoms with Crippen LogP contribution in [0.1, 0.15) is 46.1 Å². The number of carboxylic acids is 1. The maximum Gasteiger partial charge on any atom is 0.408 e. The third-order valence-corrected chi connectivity index (χ3v) is 4.16. The Hall–Kier alpha value is -2.57. The van der Waals surface area contributed by atoms with E-state index < -0.39 is 35.7 Å². The largest absolute Gasteiger partial charge is 0.481 e. The fraction of sp³-hybridized carbons (Fsp3) is 0.526. The van der Waals surface area contributed by atoms with Gasteiger partial charge in [0.05, 0.1) is 6.04 Å². The van der Waals surface area contributed by atoms with Gasteiger partial charge in [0.15, 0.2) is 5.78 Å². The Morgan fingerprint density at radius 3 is 2.35 bits per heavy atom. The van der Waals surface area contributed by atoms with E-state index in [1.807, 2.05) is 0 Å². The lowest BCUT2D eigenvalue weighted by atomic mass is 9.87. The number of amides is 1. The standard InChI is InChI=1S/C19H26N2O5/c1-10(2)14(21-18(25)26-19(3,4)5)16(22)15-13(17(23)24)11-8-6-7-9-12(11)20-15/h6-10,13-15,20H,1-5H3,(H,21,25)(H,23,24)/t13?,14-,15?/m0/s1. The van der Waals surface area contributed by atoms with Crippen LogP contribution in [0.15, 0.2) is 24.3 Å². The number of carboxylic acid groups (broad SMARTS) is 1. The molecule has 0 bridgehead atoms. The molecule has 0 aromatic heterocycles. The maximum absolute atomic E-state index is 13.1. The number of ketones is 1. The predicted octanol–water partition coefficient (Wildman–Crippen LogP) is 2.77. The summed E-state index contributed by atoms with van der Waals surface area (Å²) < 4.78 is 5.23. The average molecular weight is 362 g/mol. The normalized spacial score (nSPS) is 20.1. The van der Waals surface area contributed by atoms with Crippen LogP contribution in [0, 0.1) is 5.92 Å². The Labute approximate surface area is 153 Å². The lowest BCUT2D eigenvalue weighted by Crippen LogP contribution is -2.52. The second-order valence-electron chi connectivity index (χ2n) is 7.80. The Morgan fingerprint density at radius 2 is 1.81 bits per heavy atom. The molecular formula is C19H26N2O5. The van der Waals surface area contributed by atoms with E-state index >= 15 is 0 Å². The number of nitrogens with one attached hydrogen (secondary N) is 2. The van der Waals surface area contributed by atoms with Crippen molar-refractivity contribution >= 4 is 23.5 Å². The van der Waals surface area contributed by atoms with Crippen LogP contribution >= 0.6 is 0 Å². The second kappa shape index (κ2) is 7.35. The van der Waals surface area contributed by atoms with Gasteiger partial charge in [0.1, 0.15) is 17.6 Å². The predicted molar refractivity (Wildman–Crippen MR) is 97.2 cm³/mol. The van der Waals surface area contributed by atoms with Crippen LogP contribution in [-0.2, 0) is 14.3 Å². The van der Waals surface area contributed by atoms with E-state index in [2.05, 4.69) is 10.6 Å². The molecule has 3 atom stereocenters. The van der Waals surface area contributed by atoms with Crippen molar-refractivity contribution in [2.75, 3.05) is 5.32 Å². The maximum atomic E-state index is 13.1. The van der Waals surface area contributed by atoms with Crippen molar-refractivity contribution in [1.82, 2.24) is 5.32 Å². The first-order valence-electron chi connectivity index (χ1n) is 8.62. The third-order valence-electron chi connectivity index (χ3n) is 4.16. The lowest BCUT2D eigenvalue weighted by molar-refractivity contribution is -0.141. The molecule has 1 aliphatic heterocycles. The molecule has 2 unspecified atom stereocenters. The molecule has 1 aliphatic rings. The summed E-state index contributed by atoms with van der Waals surface area (Å²) in [6.45, 7) is 8.77. The Bertz CT molecular complexity index is 708. The molecule has 0 fully saturated rings. The molecule has 142 valence electrons. The summed E-state index contributed by atoms with van der Waals surface area (Å²) in [5.41, 5.74) is 0.497. The number of Topliss-reactive ketones (excluding diaryl/α,β-unsaturated/α-hetero) is 1. The molecule has 0 saturated heterocycles.